The molecule has 0 saturated heterocycles. The molecule has 0 aliphatic rings. The minimum absolute atomic E-state index is 0.234. The molecule has 0 radical (unpaired) electrons. The molecular formula is C24H38N2O2Si. The molecule has 0 aliphatic carbocycles. The number of aromatic nitrogens is 1. The van der Waals surface area contributed by atoms with Crippen molar-refractivity contribution in [2.75, 3.05) is 13.1 Å². The summed E-state index contributed by atoms with van der Waals surface area (Å²) in [6, 6.07) is 8.62. The van der Waals surface area contributed by atoms with E-state index in [-0.39, 0.29) is 11.1 Å². The van der Waals surface area contributed by atoms with Crippen molar-refractivity contribution in [3.63, 3.8) is 0 Å². The molecule has 0 N–H and O–H groups in total. The van der Waals surface area contributed by atoms with E-state index in [2.05, 4.69) is 75.1 Å². The van der Waals surface area contributed by atoms with Crippen LogP contribution in [0.2, 0.25) is 18.1 Å². The maximum absolute atomic E-state index is 12.6. The molecule has 0 bridgehead atoms. The molecule has 1 aromatic carbocycles. The summed E-state index contributed by atoms with van der Waals surface area (Å²) < 4.78 is 8.10. The van der Waals surface area contributed by atoms with Crippen LogP contribution in [-0.4, -0.2) is 42.2 Å². The lowest BCUT2D eigenvalue weighted by Crippen LogP contribution is -2.44. The number of hydrogen-bond acceptors (Lipinski definition) is 2. The van der Waals surface area contributed by atoms with Crippen LogP contribution in [0.5, 0.6) is 0 Å². The summed E-state index contributed by atoms with van der Waals surface area (Å²) in [5.74, 6) is 0. The molecule has 0 fully saturated rings. The van der Waals surface area contributed by atoms with Crippen molar-refractivity contribution in [3.05, 3.63) is 48.7 Å². The first kappa shape index (κ1) is 23.3. The van der Waals surface area contributed by atoms with E-state index < -0.39 is 13.8 Å². The highest BCUT2D eigenvalue weighted by atomic mass is 28.3. The largest absolute Gasteiger partial charge is 0.444 e. The van der Waals surface area contributed by atoms with Gasteiger partial charge in [-0.25, -0.2) is 4.79 Å². The number of carbonyl (C=O) groups is 1. The van der Waals surface area contributed by atoms with Crippen LogP contribution < -0.4 is 0 Å². The SMILES string of the molecule is C=CCN(CCc1cn([Si](C)(C)C(C)(C)C)c2ccccc12)C(=O)OC(C)(C)C. The zero-order chi connectivity index (χ0) is 22.0. The number of carbonyl (C=O) groups excluding carboxylic acids is 1. The van der Waals surface area contributed by atoms with Crippen LogP contribution in [0.1, 0.15) is 47.1 Å². The second-order valence-electron chi connectivity index (χ2n) is 10.3. The van der Waals surface area contributed by atoms with Crippen LogP contribution in [-0.2, 0) is 11.2 Å². The van der Waals surface area contributed by atoms with Crippen LogP contribution in [0.3, 0.4) is 0 Å². The monoisotopic (exact) mass is 414 g/mol. The van der Waals surface area contributed by atoms with Crippen LogP contribution in [0.25, 0.3) is 10.9 Å². The molecule has 29 heavy (non-hydrogen) atoms. The second-order valence-corrected chi connectivity index (χ2v) is 15.4. The van der Waals surface area contributed by atoms with E-state index in [0.29, 0.717) is 13.1 Å². The topological polar surface area (TPSA) is 34.5 Å². The predicted octanol–water partition coefficient (Wildman–Crippen LogP) is 6.46. The first-order valence-corrected chi connectivity index (χ1v) is 13.4. The van der Waals surface area contributed by atoms with Crippen molar-refractivity contribution in [2.24, 2.45) is 0 Å². The Kier molecular flexibility index (Phi) is 6.73. The van der Waals surface area contributed by atoms with E-state index in [1.165, 1.54) is 16.5 Å². The summed E-state index contributed by atoms with van der Waals surface area (Å²) >= 11 is 0. The highest BCUT2D eigenvalue weighted by molar-refractivity contribution is 6.79. The third-order valence-corrected chi connectivity index (χ3v) is 11.1. The molecular weight excluding hydrogens is 376 g/mol. The van der Waals surface area contributed by atoms with Gasteiger partial charge >= 0.3 is 6.09 Å². The highest BCUT2D eigenvalue weighted by Crippen LogP contribution is 2.39. The van der Waals surface area contributed by atoms with Gasteiger partial charge in [-0.3, -0.25) is 0 Å². The Morgan fingerprint density at radius 2 is 1.79 bits per heavy atom. The standard InChI is InChI=1S/C24H38N2O2Si/c1-10-16-25(22(27)28-23(2,3)4)17-15-19-18-26(29(8,9)24(5,6)7)21-14-12-11-13-20(19)21/h10-14,18H,1,15-17H2,2-9H3. The van der Waals surface area contributed by atoms with Gasteiger partial charge in [0.25, 0.3) is 0 Å². The highest BCUT2D eigenvalue weighted by Gasteiger charge is 2.38. The molecule has 1 aromatic heterocycles. The molecule has 0 saturated carbocycles. The minimum atomic E-state index is -1.75. The first-order chi connectivity index (χ1) is 13.3. The summed E-state index contributed by atoms with van der Waals surface area (Å²) in [5, 5.41) is 1.51. The first-order valence-electron chi connectivity index (χ1n) is 10.5. The van der Waals surface area contributed by atoms with Crippen LogP contribution in [0, 0.1) is 0 Å². The van der Waals surface area contributed by atoms with E-state index in [1.54, 1.807) is 11.0 Å². The van der Waals surface area contributed by atoms with Gasteiger partial charge in [-0.1, -0.05) is 58.1 Å². The molecule has 160 valence electrons. The number of ether oxygens (including phenoxy) is 1. The lowest BCUT2D eigenvalue weighted by Gasteiger charge is -2.38. The number of hydrogen-bond donors (Lipinski definition) is 0. The van der Waals surface area contributed by atoms with Gasteiger partial charge in [0.15, 0.2) is 8.24 Å². The van der Waals surface area contributed by atoms with Gasteiger partial charge in [-0.15, -0.1) is 6.58 Å². The van der Waals surface area contributed by atoms with Crippen LogP contribution in [0.4, 0.5) is 4.79 Å². The summed E-state index contributed by atoms with van der Waals surface area (Å²) in [6.07, 6.45) is 4.58. The number of fused-ring (bicyclic) bond motifs is 1. The van der Waals surface area contributed by atoms with E-state index >= 15 is 0 Å². The Bertz CT molecular complexity index is 869. The Morgan fingerprint density at radius 3 is 2.34 bits per heavy atom. The van der Waals surface area contributed by atoms with Crippen molar-refractivity contribution in [1.29, 1.82) is 0 Å². The quantitative estimate of drug-likeness (QED) is 0.401. The van der Waals surface area contributed by atoms with E-state index in [0.717, 1.165) is 6.42 Å². The third-order valence-electron chi connectivity index (χ3n) is 5.88. The molecule has 5 heteroatoms. The zero-order valence-electron chi connectivity index (χ0n) is 19.5. The minimum Gasteiger partial charge on any atom is -0.444 e. The van der Waals surface area contributed by atoms with Gasteiger partial charge in [0, 0.05) is 24.0 Å². The Morgan fingerprint density at radius 1 is 1.17 bits per heavy atom. The lowest BCUT2D eigenvalue weighted by molar-refractivity contribution is 0.0274. The molecule has 1 heterocycles. The van der Waals surface area contributed by atoms with Crippen molar-refractivity contribution in [1.82, 2.24) is 9.13 Å². The van der Waals surface area contributed by atoms with E-state index in [1.807, 2.05) is 20.8 Å². The van der Waals surface area contributed by atoms with Gasteiger partial charge in [0.1, 0.15) is 5.60 Å². The van der Waals surface area contributed by atoms with Gasteiger partial charge in [-0.05, 0) is 50.1 Å². The summed E-state index contributed by atoms with van der Waals surface area (Å²) in [4.78, 5) is 14.3. The van der Waals surface area contributed by atoms with E-state index in [9.17, 15) is 4.79 Å². The molecule has 0 aliphatic heterocycles. The fourth-order valence-electron chi connectivity index (χ4n) is 3.27. The van der Waals surface area contributed by atoms with Gasteiger partial charge < -0.3 is 13.9 Å². The molecule has 0 unspecified atom stereocenters. The van der Waals surface area contributed by atoms with Crippen molar-refractivity contribution in [2.45, 2.75) is 71.7 Å². The average molecular weight is 415 g/mol. The zero-order valence-corrected chi connectivity index (χ0v) is 20.5. The fourth-order valence-corrected chi connectivity index (χ4v) is 5.27. The Hall–Kier alpha value is -2.01. The van der Waals surface area contributed by atoms with Gasteiger partial charge in [0.2, 0.25) is 0 Å². The maximum Gasteiger partial charge on any atom is 0.410 e. The third kappa shape index (κ3) is 5.33. The van der Waals surface area contributed by atoms with Crippen LogP contribution >= 0.6 is 0 Å². The second kappa shape index (κ2) is 8.39. The van der Waals surface area contributed by atoms with E-state index in [4.69, 9.17) is 4.74 Å². The summed E-state index contributed by atoms with van der Waals surface area (Å²) in [5.41, 5.74) is 2.07. The van der Waals surface area contributed by atoms with Crippen molar-refractivity contribution >= 4 is 25.2 Å². The van der Waals surface area contributed by atoms with Gasteiger partial charge in [-0.2, -0.15) is 0 Å². The average Bonchev–Trinajstić information content (AvgIpc) is 2.95. The fraction of sp³-hybridized carbons (Fsp3) is 0.542. The molecule has 0 atom stereocenters. The molecule has 4 nitrogen and oxygen atoms in total. The summed E-state index contributed by atoms with van der Waals surface area (Å²) in [7, 11) is -1.75. The number of nitrogens with zero attached hydrogens (tertiary/aromatic N) is 2. The number of para-hydroxylation sites is 1. The smallest absolute Gasteiger partial charge is 0.410 e. The number of benzene rings is 1. The summed E-state index contributed by atoms with van der Waals surface area (Å²) in [6.45, 7) is 22.4. The Balaban J connectivity index is 2.34. The molecule has 2 rings (SSSR count). The predicted molar refractivity (Wildman–Crippen MR) is 126 cm³/mol. The molecule has 0 spiro atoms. The maximum atomic E-state index is 12.6. The van der Waals surface area contributed by atoms with Crippen molar-refractivity contribution in [3.8, 4) is 0 Å². The Labute approximate surface area is 177 Å². The molecule has 1 amide bonds. The van der Waals surface area contributed by atoms with Crippen molar-refractivity contribution < 1.29 is 9.53 Å². The molecule has 2 aromatic rings. The number of amides is 1. The van der Waals surface area contributed by atoms with Crippen LogP contribution in [0.15, 0.2) is 43.1 Å². The normalized spacial score (nSPS) is 12.8. The lowest BCUT2D eigenvalue weighted by atomic mass is 10.1. The van der Waals surface area contributed by atoms with Gasteiger partial charge in [0.05, 0.1) is 0 Å². The number of rotatable bonds is 6.